The molecule has 1 fully saturated rings. The van der Waals surface area contributed by atoms with Gasteiger partial charge in [0.15, 0.2) is 6.10 Å². The van der Waals surface area contributed by atoms with Crippen molar-refractivity contribution in [1.82, 2.24) is 9.62 Å². The van der Waals surface area contributed by atoms with E-state index in [1.165, 1.54) is 4.31 Å². The maximum absolute atomic E-state index is 12.5. The molecule has 0 radical (unpaired) electrons. The van der Waals surface area contributed by atoms with E-state index >= 15 is 0 Å². The monoisotopic (exact) mass is 450 g/mol. The Morgan fingerprint density at radius 3 is 2.50 bits per heavy atom. The van der Waals surface area contributed by atoms with Crippen LogP contribution in [-0.2, 0) is 37.3 Å². The maximum atomic E-state index is 12.5. The summed E-state index contributed by atoms with van der Waals surface area (Å²) in [5, 5.41) is 4.67. The first kappa shape index (κ1) is 22.5. The quantitative estimate of drug-likeness (QED) is 0.593. The first-order valence-corrected chi connectivity index (χ1v) is 12.3. The molecule has 0 bridgehead atoms. The van der Waals surface area contributed by atoms with Crippen LogP contribution in [0, 0.1) is 0 Å². The molecule has 1 unspecified atom stereocenters. The molecule has 9 heteroatoms. The Labute approximate surface area is 181 Å². The zero-order chi connectivity index (χ0) is 21.6. The lowest BCUT2D eigenvalue weighted by Gasteiger charge is -2.15. The molecule has 7 nitrogen and oxygen atoms in total. The highest BCUT2D eigenvalue weighted by molar-refractivity contribution is 7.89. The summed E-state index contributed by atoms with van der Waals surface area (Å²) in [6.45, 7) is 3.08. The minimum Gasteiger partial charge on any atom is -0.453 e. The predicted molar refractivity (Wildman–Crippen MR) is 114 cm³/mol. The molecule has 162 valence electrons. The van der Waals surface area contributed by atoms with Crippen LogP contribution in [0.4, 0.5) is 0 Å². The van der Waals surface area contributed by atoms with Crippen LogP contribution in [0.5, 0.6) is 0 Å². The summed E-state index contributed by atoms with van der Waals surface area (Å²) in [6.07, 6.45) is 1.44. The van der Waals surface area contributed by atoms with Gasteiger partial charge in [0.2, 0.25) is 10.0 Å². The zero-order valence-corrected chi connectivity index (χ0v) is 18.5. The van der Waals surface area contributed by atoms with Gasteiger partial charge in [-0.05, 0) is 55.3 Å². The van der Waals surface area contributed by atoms with Crippen LogP contribution in [0.2, 0.25) is 0 Å². The zero-order valence-electron chi connectivity index (χ0n) is 16.9. The van der Waals surface area contributed by atoms with E-state index < -0.39 is 22.1 Å². The molecule has 1 atom stereocenters. The third kappa shape index (κ3) is 5.90. The fourth-order valence-corrected chi connectivity index (χ4v) is 5.35. The van der Waals surface area contributed by atoms with E-state index in [0.717, 1.165) is 23.3 Å². The van der Waals surface area contributed by atoms with Gasteiger partial charge in [-0.2, -0.15) is 4.31 Å². The van der Waals surface area contributed by atoms with Gasteiger partial charge in [0.1, 0.15) is 0 Å². The van der Waals surface area contributed by atoms with Crippen molar-refractivity contribution < 1.29 is 22.7 Å². The second kappa shape index (κ2) is 10.2. The Morgan fingerprint density at radius 1 is 1.17 bits per heavy atom. The highest BCUT2D eigenvalue weighted by Crippen LogP contribution is 2.21. The Balaban J connectivity index is 1.44. The Hall–Kier alpha value is -2.23. The number of ether oxygens (including phenoxy) is 1. The molecule has 1 aromatic heterocycles. The largest absolute Gasteiger partial charge is 0.453 e. The van der Waals surface area contributed by atoms with Gasteiger partial charge in [-0.25, -0.2) is 8.42 Å². The average Bonchev–Trinajstić information content (AvgIpc) is 3.45. The summed E-state index contributed by atoms with van der Waals surface area (Å²) in [5.74, 6) is -0.809. The summed E-state index contributed by atoms with van der Waals surface area (Å²) in [7, 11) is -3.44. The number of nitrogens with one attached hydrogen (secondary N) is 1. The van der Waals surface area contributed by atoms with Crippen molar-refractivity contribution in [2.75, 3.05) is 13.1 Å². The van der Waals surface area contributed by atoms with E-state index in [2.05, 4.69) is 5.32 Å². The van der Waals surface area contributed by atoms with Gasteiger partial charge in [0.25, 0.3) is 5.91 Å². The van der Waals surface area contributed by atoms with E-state index in [4.69, 9.17) is 4.74 Å². The standard InChI is InChI=1S/C21H26N2O5S2/c1-16(21(25)22-15-18-5-4-14-29-18)28-20(24)11-8-17-6-9-19(10-7-17)30(26,27)23-12-2-3-13-23/h4-7,9-10,14,16H,2-3,8,11-13,15H2,1H3,(H,22,25). The fraction of sp³-hybridized carbons (Fsp3) is 0.429. The molecular weight excluding hydrogens is 424 g/mol. The summed E-state index contributed by atoms with van der Waals surface area (Å²) in [6, 6.07) is 10.4. The lowest BCUT2D eigenvalue weighted by molar-refractivity contribution is -0.154. The molecule has 2 heterocycles. The lowest BCUT2D eigenvalue weighted by Crippen LogP contribution is -2.35. The number of amides is 1. The predicted octanol–water partition coefficient (Wildman–Crippen LogP) is 2.71. The summed E-state index contributed by atoms with van der Waals surface area (Å²) in [4.78, 5) is 25.4. The first-order valence-electron chi connectivity index (χ1n) is 9.95. The lowest BCUT2D eigenvalue weighted by atomic mass is 10.1. The molecule has 1 amide bonds. The summed E-state index contributed by atoms with van der Waals surface area (Å²) in [5.41, 5.74) is 0.835. The number of hydrogen-bond donors (Lipinski definition) is 1. The highest BCUT2D eigenvalue weighted by atomic mass is 32.2. The third-order valence-corrected chi connectivity index (χ3v) is 7.73. The van der Waals surface area contributed by atoms with Crippen LogP contribution in [-0.4, -0.2) is 43.8 Å². The fourth-order valence-electron chi connectivity index (χ4n) is 3.19. The first-order chi connectivity index (χ1) is 14.4. The molecule has 0 spiro atoms. The van der Waals surface area contributed by atoms with E-state index in [1.54, 1.807) is 42.5 Å². The number of rotatable bonds is 9. The molecule has 0 aliphatic carbocycles. The molecule has 2 aromatic rings. The van der Waals surface area contributed by atoms with Crippen LogP contribution in [0.1, 0.15) is 36.6 Å². The van der Waals surface area contributed by atoms with Crippen molar-refractivity contribution in [3.63, 3.8) is 0 Å². The van der Waals surface area contributed by atoms with Crippen LogP contribution < -0.4 is 5.32 Å². The van der Waals surface area contributed by atoms with Gasteiger partial charge in [-0.15, -0.1) is 11.3 Å². The van der Waals surface area contributed by atoms with Crippen molar-refractivity contribution >= 4 is 33.2 Å². The van der Waals surface area contributed by atoms with Gasteiger partial charge in [-0.1, -0.05) is 18.2 Å². The molecule has 30 heavy (non-hydrogen) atoms. The van der Waals surface area contributed by atoms with E-state index in [9.17, 15) is 18.0 Å². The van der Waals surface area contributed by atoms with Crippen LogP contribution in [0.3, 0.4) is 0 Å². The van der Waals surface area contributed by atoms with Gasteiger partial charge in [-0.3, -0.25) is 9.59 Å². The number of hydrogen-bond acceptors (Lipinski definition) is 6. The number of thiophene rings is 1. The smallest absolute Gasteiger partial charge is 0.306 e. The van der Waals surface area contributed by atoms with Gasteiger partial charge < -0.3 is 10.1 Å². The SMILES string of the molecule is CC(OC(=O)CCc1ccc(S(=O)(=O)N2CCCC2)cc1)C(=O)NCc1cccs1. The summed E-state index contributed by atoms with van der Waals surface area (Å²) < 4.78 is 31.8. The number of benzene rings is 1. The number of aryl methyl sites for hydroxylation is 1. The van der Waals surface area contributed by atoms with Crippen molar-refractivity contribution in [1.29, 1.82) is 0 Å². The number of carbonyl (C=O) groups excluding carboxylic acids is 2. The number of sulfonamides is 1. The minimum absolute atomic E-state index is 0.112. The molecule has 1 saturated heterocycles. The molecule has 1 N–H and O–H groups in total. The van der Waals surface area contributed by atoms with Crippen LogP contribution >= 0.6 is 11.3 Å². The Bertz CT molecular complexity index is 950. The van der Waals surface area contributed by atoms with Crippen LogP contribution in [0.25, 0.3) is 0 Å². The number of carbonyl (C=O) groups is 2. The van der Waals surface area contributed by atoms with Crippen LogP contribution in [0.15, 0.2) is 46.7 Å². The van der Waals surface area contributed by atoms with Crippen molar-refractivity contribution in [3.05, 3.63) is 52.2 Å². The van der Waals surface area contributed by atoms with Gasteiger partial charge >= 0.3 is 5.97 Å². The molecule has 1 aliphatic rings. The number of esters is 1. The minimum atomic E-state index is -3.44. The summed E-state index contributed by atoms with van der Waals surface area (Å²) >= 11 is 1.54. The number of nitrogens with zero attached hydrogens (tertiary/aromatic N) is 1. The second-order valence-corrected chi connectivity index (χ2v) is 10.2. The van der Waals surface area contributed by atoms with Gasteiger partial charge in [0.05, 0.1) is 11.4 Å². The topological polar surface area (TPSA) is 92.8 Å². The maximum Gasteiger partial charge on any atom is 0.306 e. The highest BCUT2D eigenvalue weighted by Gasteiger charge is 2.27. The van der Waals surface area contributed by atoms with Crippen molar-refractivity contribution in [2.24, 2.45) is 0 Å². The van der Waals surface area contributed by atoms with E-state index in [1.807, 2.05) is 17.5 Å². The van der Waals surface area contributed by atoms with E-state index in [-0.39, 0.29) is 17.2 Å². The Kier molecular flexibility index (Phi) is 7.63. The molecule has 1 aliphatic heterocycles. The molecule has 0 saturated carbocycles. The normalized spacial score (nSPS) is 15.6. The van der Waals surface area contributed by atoms with E-state index in [0.29, 0.717) is 26.1 Å². The van der Waals surface area contributed by atoms with Crippen molar-refractivity contribution in [2.45, 2.75) is 50.2 Å². The average molecular weight is 451 g/mol. The second-order valence-electron chi connectivity index (χ2n) is 7.18. The molecule has 1 aromatic carbocycles. The third-order valence-electron chi connectivity index (χ3n) is 4.94. The molecular formula is C21H26N2O5S2. The van der Waals surface area contributed by atoms with Crippen molar-refractivity contribution in [3.8, 4) is 0 Å². The molecule has 3 rings (SSSR count). The van der Waals surface area contributed by atoms with Gasteiger partial charge in [0, 0.05) is 24.4 Å². The Morgan fingerprint density at radius 2 is 1.87 bits per heavy atom.